The van der Waals surface area contributed by atoms with E-state index in [1.807, 2.05) is 0 Å². The summed E-state index contributed by atoms with van der Waals surface area (Å²) >= 11 is 0. The van der Waals surface area contributed by atoms with E-state index in [2.05, 4.69) is 5.16 Å². The standard InChI is InChI=1S/C12H19N3O4S/c1-9-11(10(2)19-13-9)12(16)14-5-4-6-15(8-7-14)20(3,17)18/h4-8H2,1-3H3. The quantitative estimate of drug-likeness (QED) is 0.789. The largest absolute Gasteiger partial charge is 0.361 e. The maximum atomic E-state index is 12.5. The normalized spacial score (nSPS) is 18.1. The number of carbonyl (C=O) groups excluding carboxylic acids is 1. The second-order valence-electron chi connectivity index (χ2n) is 5.01. The Hall–Kier alpha value is -1.41. The summed E-state index contributed by atoms with van der Waals surface area (Å²) < 4.78 is 29.5. The molecule has 8 heteroatoms. The molecule has 0 spiro atoms. The van der Waals surface area contributed by atoms with Gasteiger partial charge in [-0.1, -0.05) is 5.16 Å². The van der Waals surface area contributed by atoms with Crippen LogP contribution in [0.25, 0.3) is 0 Å². The highest BCUT2D eigenvalue weighted by Gasteiger charge is 2.27. The predicted molar refractivity (Wildman–Crippen MR) is 72.9 cm³/mol. The number of carbonyl (C=O) groups is 1. The second kappa shape index (κ2) is 5.53. The van der Waals surface area contributed by atoms with Gasteiger partial charge in [0.05, 0.1) is 11.9 Å². The smallest absolute Gasteiger partial charge is 0.259 e. The minimum atomic E-state index is -3.20. The first-order valence-corrected chi connectivity index (χ1v) is 8.33. The number of hydrogen-bond donors (Lipinski definition) is 0. The number of hydrogen-bond acceptors (Lipinski definition) is 5. The molecule has 2 heterocycles. The lowest BCUT2D eigenvalue weighted by Gasteiger charge is -2.20. The molecule has 0 unspecified atom stereocenters. The molecule has 20 heavy (non-hydrogen) atoms. The van der Waals surface area contributed by atoms with Crippen LogP contribution in [-0.4, -0.2) is 61.1 Å². The predicted octanol–water partition coefficient (Wildman–Crippen LogP) is 0.399. The van der Waals surface area contributed by atoms with Gasteiger partial charge in [-0.25, -0.2) is 12.7 Å². The summed E-state index contributed by atoms with van der Waals surface area (Å²) in [6.07, 6.45) is 1.82. The molecule has 7 nitrogen and oxygen atoms in total. The van der Waals surface area contributed by atoms with Gasteiger partial charge in [0.2, 0.25) is 10.0 Å². The molecule has 1 aromatic heterocycles. The Labute approximate surface area is 118 Å². The molecule has 1 fully saturated rings. The third kappa shape index (κ3) is 3.01. The van der Waals surface area contributed by atoms with E-state index in [1.54, 1.807) is 18.7 Å². The van der Waals surface area contributed by atoms with Crippen molar-refractivity contribution in [3.05, 3.63) is 17.0 Å². The summed E-state index contributed by atoms with van der Waals surface area (Å²) in [5.41, 5.74) is 1.05. The maximum Gasteiger partial charge on any atom is 0.259 e. The van der Waals surface area contributed by atoms with Crippen molar-refractivity contribution in [2.75, 3.05) is 32.4 Å². The van der Waals surface area contributed by atoms with Crippen LogP contribution in [0.1, 0.15) is 28.2 Å². The van der Waals surface area contributed by atoms with Crippen molar-refractivity contribution in [3.8, 4) is 0 Å². The lowest BCUT2D eigenvalue weighted by Crippen LogP contribution is -2.37. The van der Waals surface area contributed by atoms with Gasteiger partial charge in [-0.3, -0.25) is 4.79 Å². The van der Waals surface area contributed by atoms with Gasteiger partial charge in [0, 0.05) is 26.2 Å². The Balaban J connectivity index is 2.13. The molecule has 0 atom stereocenters. The van der Waals surface area contributed by atoms with E-state index in [4.69, 9.17) is 4.52 Å². The van der Waals surface area contributed by atoms with Crippen LogP contribution in [0, 0.1) is 13.8 Å². The first kappa shape index (κ1) is 15.0. The lowest BCUT2D eigenvalue weighted by atomic mass is 10.1. The third-order valence-electron chi connectivity index (χ3n) is 3.46. The highest BCUT2D eigenvalue weighted by molar-refractivity contribution is 7.88. The monoisotopic (exact) mass is 301 g/mol. The number of aryl methyl sites for hydroxylation is 2. The summed E-state index contributed by atoms with van der Waals surface area (Å²) in [5.74, 6) is 0.355. The molecule has 0 saturated carbocycles. The summed E-state index contributed by atoms with van der Waals surface area (Å²) in [5, 5.41) is 3.78. The number of sulfonamides is 1. The van der Waals surface area contributed by atoms with Crippen LogP contribution >= 0.6 is 0 Å². The highest BCUT2D eigenvalue weighted by Crippen LogP contribution is 2.17. The molecule has 0 N–H and O–H groups in total. The summed E-state index contributed by atoms with van der Waals surface area (Å²) in [6.45, 7) is 5.13. The van der Waals surface area contributed by atoms with Crippen molar-refractivity contribution in [1.82, 2.24) is 14.4 Å². The minimum absolute atomic E-state index is 0.142. The molecule has 2 rings (SSSR count). The Bertz CT molecular complexity index is 589. The van der Waals surface area contributed by atoms with E-state index < -0.39 is 10.0 Å². The fourth-order valence-corrected chi connectivity index (χ4v) is 3.25. The van der Waals surface area contributed by atoms with Crippen LogP contribution in [-0.2, 0) is 10.0 Å². The van der Waals surface area contributed by atoms with E-state index in [9.17, 15) is 13.2 Å². The highest BCUT2D eigenvalue weighted by atomic mass is 32.2. The van der Waals surface area contributed by atoms with E-state index in [0.717, 1.165) is 0 Å². The van der Waals surface area contributed by atoms with Gasteiger partial charge < -0.3 is 9.42 Å². The molecule has 112 valence electrons. The van der Waals surface area contributed by atoms with E-state index in [1.165, 1.54) is 10.6 Å². The molecule has 1 aliphatic heterocycles. The lowest BCUT2D eigenvalue weighted by molar-refractivity contribution is 0.0762. The van der Waals surface area contributed by atoms with Crippen LogP contribution < -0.4 is 0 Å². The van der Waals surface area contributed by atoms with Gasteiger partial charge >= 0.3 is 0 Å². The van der Waals surface area contributed by atoms with Crippen molar-refractivity contribution < 1.29 is 17.7 Å². The van der Waals surface area contributed by atoms with Crippen LogP contribution in [0.15, 0.2) is 4.52 Å². The van der Waals surface area contributed by atoms with Gasteiger partial charge in [-0.05, 0) is 20.3 Å². The SMILES string of the molecule is Cc1noc(C)c1C(=O)N1CCCN(S(C)(=O)=O)CC1. The molecule has 1 aromatic rings. The van der Waals surface area contributed by atoms with Crippen LogP contribution in [0.4, 0.5) is 0 Å². The van der Waals surface area contributed by atoms with Gasteiger partial charge in [0.25, 0.3) is 5.91 Å². The van der Waals surface area contributed by atoms with Crippen molar-refractivity contribution >= 4 is 15.9 Å². The second-order valence-corrected chi connectivity index (χ2v) is 6.99. The summed E-state index contributed by atoms with van der Waals surface area (Å²) in [7, 11) is -3.20. The number of aromatic nitrogens is 1. The van der Waals surface area contributed by atoms with Gasteiger partial charge in [0.1, 0.15) is 11.3 Å². The molecule has 0 aromatic carbocycles. The molecule has 1 saturated heterocycles. The van der Waals surface area contributed by atoms with Gasteiger partial charge in [-0.2, -0.15) is 0 Å². The van der Waals surface area contributed by atoms with Crippen molar-refractivity contribution in [3.63, 3.8) is 0 Å². The number of amides is 1. The minimum Gasteiger partial charge on any atom is -0.361 e. The first-order chi connectivity index (χ1) is 9.30. The van der Waals surface area contributed by atoms with Crippen molar-refractivity contribution in [2.45, 2.75) is 20.3 Å². The van der Waals surface area contributed by atoms with E-state index in [-0.39, 0.29) is 5.91 Å². The fraction of sp³-hybridized carbons (Fsp3) is 0.667. The first-order valence-electron chi connectivity index (χ1n) is 6.48. The average molecular weight is 301 g/mol. The van der Waals surface area contributed by atoms with Gasteiger partial charge in [-0.15, -0.1) is 0 Å². The van der Waals surface area contributed by atoms with E-state index >= 15 is 0 Å². The van der Waals surface area contributed by atoms with Crippen LogP contribution in [0.2, 0.25) is 0 Å². The maximum absolute atomic E-state index is 12.5. The Morgan fingerprint density at radius 1 is 1.20 bits per heavy atom. The summed E-state index contributed by atoms with van der Waals surface area (Å²) in [4.78, 5) is 14.1. The molecule has 0 bridgehead atoms. The molecule has 0 aliphatic carbocycles. The Morgan fingerprint density at radius 2 is 1.90 bits per heavy atom. The average Bonchev–Trinajstić information content (AvgIpc) is 2.58. The Morgan fingerprint density at radius 3 is 2.45 bits per heavy atom. The topological polar surface area (TPSA) is 83.7 Å². The molecular formula is C12H19N3O4S. The zero-order chi connectivity index (χ0) is 14.9. The van der Waals surface area contributed by atoms with Crippen molar-refractivity contribution in [2.24, 2.45) is 0 Å². The van der Waals surface area contributed by atoms with Crippen LogP contribution in [0.3, 0.4) is 0 Å². The number of nitrogens with zero attached hydrogens (tertiary/aromatic N) is 3. The molecule has 1 aliphatic rings. The fourth-order valence-electron chi connectivity index (χ4n) is 2.37. The zero-order valence-electron chi connectivity index (χ0n) is 11.9. The molecule has 1 amide bonds. The third-order valence-corrected chi connectivity index (χ3v) is 4.76. The molecule has 0 radical (unpaired) electrons. The summed E-state index contributed by atoms with van der Waals surface area (Å²) in [6, 6.07) is 0. The van der Waals surface area contributed by atoms with E-state index in [0.29, 0.717) is 49.6 Å². The Kier molecular flexibility index (Phi) is 4.14. The zero-order valence-corrected chi connectivity index (χ0v) is 12.7. The molecular weight excluding hydrogens is 282 g/mol. The van der Waals surface area contributed by atoms with Gasteiger partial charge in [0.15, 0.2) is 0 Å². The number of rotatable bonds is 2. The van der Waals surface area contributed by atoms with Crippen LogP contribution in [0.5, 0.6) is 0 Å². The van der Waals surface area contributed by atoms with Crippen molar-refractivity contribution in [1.29, 1.82) is 0 Å².